The number of ether oxygens (including phenoxy) is 2. The molecule has 0 amide bonds. The molecule has 2 aromatic carbocycles. The molecule has 176 valence electrons. The quantitative estimate of drug-likeness (QED) is 0.504. The lowest BCUT2D eigenvalue weighted by molar-refractivity contribution is -0.139. The maximum Gasteiger partial charge on any atom is 0.338 e. The normalized spacial score (nSPS) is 15.8. The fourth-order valence-corrected chi connectivity index (χ4v) is 4.89. The lowest BCUT2D eigenvalue weighted by atomic mass is 9.96. The number of carbonyl (C=O) groups is 1. The van der Waals surface area contributed by atoms with Gasteiger partial charge in [0.2, 0.25) is 0 Å². The topological polar surface area (TPSA) is 69.9 Å². The molecule has 0 N–H and O–H groups in total. The van der Waals surface area contributed by atoms with Gasteiger partial charge in [-0.05, 0) is 57.5 Å². The van der Waals surface area contributed by atoms with Gasteiger partial charge in [-0.3, -0.25) is 9.36 Å². The molecule has 34 heavy (non-hydrogen) atoms. The minimum Gasteiger partial charge on any atom is -0.490 e. The summed E-state index contributed by atoms with van der Waals surface area (Å²) in [5, 5.41) is 0. The van der Waals surface area contributed by atoms with Crippen molar-refractivity contribution in [2.45, 2.75) is 39.8 Å². The highest BCUT2D eigenvalue weighted by Gasteiger charge is 2.33. The van der Waals surface area contributed by atoms with Gasteiger partial charge in [0.1, 0.15) is 11.6 Å². The van der Waals surface area contributed by atoms with Gasteiger partial charge in [-0.2, -0.15) is 0 Å². The summed E-state index contributed by atoms with van der Waals surface area (Å²) >= 11 is 1.23. The van der Waals surface area contributed by atoms with Gasteiger partial charge in [-0.25, -0.2) is 14.2 Å². The number of thiazole rings is 1. The van der Waals surface area contributed by atoms with Crippen molar-refractivity contribution in [3.05, 3.63) is 96.4 Å². The van der Waals surface area contributed by atoms with E-state index in [1.165, 1.54) is 28.0 Å². The van der Waals surface area contributed by atoms with Gasteiger partial charge in [0.25, 0.3) is 5.56 Å². The average Bonchev–Trinajstić information content (AvgIpc) is 3.09. The summed E-state index contributed by atoms with van der Waals surface area (Å²) in [7, 11) is 0. The van der Waals surface area contributed by atoms with E-state index < -0.39 is 17.8 Å². The van der Waals surface area contributed by atoms with Crippen LogP contribution in [0.2, 0.25) is 0 Å². The van der Waals surface area contributed by atoms with Crippen molar-refractivity contribution < 1.29 is 18.7 Å². The highest BCUT2D eigenvalue weighted by atomic mass is 32.1. The van der Waals surface area contributed by atoms with E-state index in [0.717, 1.165) is 5.56 Å². The number of hydrogen-bond acceptors (Lipinski definition) is 6. The van der Waals surface area contributed by atoms with Crippen molar-refractivity contribution >= 4 is 23.4 Å². The minimum atomic E-state index is -0.778. The van der Waals surface area contributed by atoms with Crippen LogP contribution < -0.4 is 19.6 Å². The molecule has 1 aliphatic rings. The smallest absolute Gasteiger partial charge is 0.338 e. The molecule has 0 saturated heterocycles. The Morgan fingerprint density at radius 1 is 1.21 bits per heavy atom. The second-order valence-electron chi connectivity index (χ2n) is 8.06. The standard InChI is InChI=1S/C26H25FN2O4S/c1-5-32-25(31)22-16(4)28-26-29(23(22)17-10-12-19(27)13-11-17)24(30)21(34-26)14-18-8-6-7-9-20(18)33-15(2)3/h6-15,23H,5H2,1-4H3/t23-/m1/s1. The fraction of sp³-hybridized carbons (Fsp3) is 0.269. The second kappa shape index (κ2) is 9.77. The van der Waals surface area contributed by atoms with Gasteiger partial charge in [0.15, 0.2) is 4.80 Å². The number of esters is 1. The van der Waals surface area contributed by atoms with Crippen molar-refractivity contribution in [3.8, 4) is 5.75 Å². The molecule has 0 spiro atoms. The lowest BCUT2D eigenvalue weighted by Gasteiger charge is -2.24. The van der Waals surface area contributed by atoms with Crippen molar-refractivity contribution in [1.29, 1.82) is 0 Å². The van der Waals surface area contributed by atoms with E-state index in [0.29, 0.717) is 26.3 Å². The predicted molar refractivity (Wildman–Crippen MR) is 129 cm³/mol. The fourth-order valence-electron chi connectivity index (χ4n) is 3.85. The van der Waals surface area contributed by atoms with Crippen molar-refractivity contribution in [2.75, 3.05) is 6.61 Å². The molecule has 2 heterocycles. The SMILES string of the molecule is CCOC(=O)C1=C(C)N=c2sc(=Cc3ccccc3OC(C)C)c(=O)n2[C@@H]1c1ccc(F)cc1. The molecule has 4 rings (SSSR count). The van der Waals surface area contributed by atoms with E-state index in [4.69, 9.17) is 9.47 Å². The van der Waals surface area contributed by atoms with Crippen LogP contribution in [0, 0.1) is 5.82 Å². The molecular formula is C26H25FN2O4S. The number of benzene rings is 2. The minimum absolute atomic E-state index is 0.0240. The summed E-state index contributed by atoms with van der Waals surface area (Å²) in [6, 6.07) is 12.5. The lowest BCUT2D eigenvalue weighted by Crippen LogP contribution is -2.39. The first-order chi connectivity index (χ1) is 16.3. The first kappa shape index (κ1) is 23.6. The van der Waals surface area contributed by atoms with E-state index in [1.807, 2.05) is 38.1 Å². The van der Waals surface area contributed by atoms with Gasteiger partial charge < -0.3 is 9.47 Å². The largest absolute Gasteiger partial charge is 0.490 e. The summed E-state index contributed by atoms with van der Waals surface area (Å²) in [6.07, 6.45) is 1.75. The molecule has 3 aromatic rings. The molecule has 6 nitrogen and oxygen atoms in total. The summed E-state index contributed by atoms with van der Waals surface area (Å²) in [6.45, 7) is 7.49. The molecule has 0 bridgehead atoms. The Morgan fingerprint density at radius 3 is 2.59 bits per heavy atom. The third kappa shape index (κ3) is 4.59. The number of para-hydroxylation sites is 1. The molecule has 8 heteroatoms. The van der Waals surface area contributed by atoms with Gasteiger partial charge in [-0.1, -0.05) is 41.7 Å². The summed E-state index contributed by atoms with van der Waals surface area (Å²) in [5.74, 6) is -0.291. The molecule has 0 saturated carbocycles. The second-order valence-corrected chi connectivity index (χ2v) is 9.07. The van der Waals surface area contributed by atoms with Crippen LogP contribution in [0.3, 0.4) is 0 Å². The molecule has 0 radical (unpaired) electrons. The number of halogens is 1. The van der Waals surface area contributed by atoms with Crippen LogP contribution in [0.15, 0.2) is 69.6 Å². The van der Waals surface area contributed by atoms with Crippen LogP contribution in [-0.4, -0.2) is 23.2 Å². The van der Waals surface area contributed by atoms with E-state index in [1.54, 1.807) is 32.1 Å². The molecule has 0 aliphatic carbocycles. The van der Waals surface area contributed by atoms with Crippen LogP contribution >= 0.6 is 11.3 Å². The van der Waals surface area contributed by atoms with E-state index in [-0.39, 0.29) is 23.8 Å². The van der Waals surface area contributed by atoms with Crippen LogP contribution in [0.25, 0.3) is 6.08 Å². The highest BCUT2D eigenvalue weighted by molar-refractivity contribution is 7.07. The number of aromatic nitrogens is 1. The zero-order valence-corrected chi connectivity index (χ0v) is 20.2. The Morgan fingerprint density at radius 2 is 1.91 bits per heavy atom. The Hall–Kier alpha value is -3.52. The summed E-state index contributed by atoms with van der Waals surface area (Å²) < 4.78 is 26.7. The van der Waals surface area contributed by atoms with Crippen molar-refractivity contribution in [1.82, 2.24) is 4.57 Å². The predicted octanol–water partition coefficient (Wildman–Crippen LogP) is 3.72. The number of nitrogens with zero attached hydrogens (tertiary/aromatic N) is 2. The average molecular weight is 481 g/mol. The Bertz CT molecular complexity index is 1430. The zero-order valence-electron chi connectivity index (χ0n) is 19.4. The van der Waals surface area contributed by atoms with Gasteiger partial charge in [-0.15, -0.1) is 0 Å². The van der Waals surface area contributed by atoms with Crippen LogP contribution in [0.5, 0.6) is 5.75 Å². The van der Waals surface area contributed by atoms with Crippen molar-refractivity contribution in [2.24, 2.45) is 4.99 Å². The Kier molecular flexibility index (Phi) is 6.79. The Balaban J connectivity index is 1.93. The number of allylic oxidation sites excluding steroid dienone is 1. The van der Waals surface area contributed by atoms with E-state index >= 15 is 0 Å². The van der Waals surface area contributed by atoms with Gasteiger partial charge in [0.05, 0.1) is 34.6 Å². The summed E-state index contributed by atoms with van der Waals surface area (Å²) in [5.41, 5.74) is 1.78. The van der Waals surface area contributed by atoms with Crippen LogP contribution in [0.4, 0.5) is 4.39 Å². The number of fused-ring (bicyclic) bond motifs is 1. The zero-order chi connectivity index (χ0) is 24.4. The molecular weight excluding hydrogens is 455 g/mol. The number of rotatable bonds is 6. The first-order valence-electron chi connectivity index (χ1n) is 11.0. The number of carbonyl (C=O) groups excluding carboxylic acids is 1. The maximum atomic E-state index is 13.7. The third-order valence-electron chi connectivity index (χ3n) is 5.27. The summed E-state index contributed by atoms with van der Waals surface area (Å²) in [4.78, 5) is 31.5. The molecule has 0 unspecified atom stereocenters. The first-order valence-corrected chi connectivity index (χ1v) is 11.8. The van der Waals surface area contributed by atoms with Crippen LogP contribution in [-0.2, 0) is 9.53 Å². The Labute approximate surface area is 200 Å². The molecule has 1 aliphatic heterocycles. The van der Waals surface area contributed by atoms with Gasteiger partial charge >= 0.3 is 5.97 Å². The highest BCUT2D eigenvalue weighted by Crippen LogP contribution is 2.30. The monoisotopic (exact) mass is 480 g/mol. The molecule has 1 atom stereocenters. The third-order valence-corrected chi connectivity index (χ3v) is 6.25. The molecule has 0 fully saturated rings. The number of hydrogen-bond donors (Lipinski definition) is 0. The van der Waals surface area contributed by atoms with E-state index in [9.17, 15) is 14.0 Å². The van der Waals surface area contributed by atoms with Crippen LogP contribution in [0.1, 0.15) is 44.9 Å². The van der Waals surface area contributed by atoms with Crippen molar-refractivity contribution in [3.63, 3.8) is 0 Å². The van der Waals surface area contributed by atoms with E-state index in [2.05, 4.69) is 4.99 Å². The molecule has 1 aromatic heterocycles. The van der Waals surface area contributed by atoms with Gasteiger partial charge in [0, 0.05) is 5.56 Å². The maximum absolute atomic E-state index is 13.7.